The van der Waals surface area contributed by atoms with Gasteiger partial charge in [0.2, 0.25) is 17.7 Å². The standard InChI is InChI=1S/C17H26N4O3S/c1-4-18-16(24)12-6-5-7-21(9-12)14(22)8-13-10-25-17(19-13)20-15(23)11(2)3/h10-12H,4-9H2,1-3H3,(H,18,24)(H,19,20,23). The summed E-state index contributed by atoms with van der Waals surface area (Å²) in [6.45, 7) is 7.26. The van der Waals surface area contributed by atoms with Gasteiger partial charge >= 0.3 is 0 Å². The van der Waals surface area contributed by atoms with Crippen LogP contribution in [-0.2, 0) is 20.8 Å². The molecule has 0 radical (unpaired) electrons. The van der Waals surface area contributed by atoms with Crippen LogP contribution in [0, 0.1) is 11.8 Å². The number of amides is 3. The number of aromatic nitrogens is 1. The molecule has 0 bridgehead atoms. The minimum Gasteiger partial charge on any atom is -0.356 e. The van der Waals surface area contributed by atoms with Crippen molar-refractivity contribution in [2.45, 2.75) is 40.0 Å². The molecule has 2 N–H and O–H groups in total. The highest BCUT2D eigenvalue weighted by atomic mass is 32.1. The Balaban J connectivity index is 1.90. The van der Waals surface area contributed by atoms with Crippen molar-refractivity contribution < 1.29 is 14.4 Å². The van der Waals surface area contributed by atoms with Gasteiger partial charge in [-0.05, 0) is 19.8 Å². The lowest BCUT2D eigenvalue weighted by molar-refractivity contribution is -0.135. The summed E-state index contributed by atoms with van der Waals surface area (Å²) in [5.41, 5.74) is 0.647. The van der Waals surface area contributed by atoms with Crippen molar-refractivity contribution in [3.05, 3.63) is 11.1 Å². The zero-order chi connectivity index (χ0) is 18.4. The highest BCUT2D eigenvalue weighted by molar-refractivity contribution is 7.13. The molecular weight excluding hydrogens is 340 g/mol. The van der Waals surface area contributed by atoms with E-state index in [0.717, 1.165) is 12.8 Å². The van der Waals surface area contributed by atoms with Crippen LogP contribution in [-0.4, -0.2) is 47.2 Å². The van der Waals surface area contributed by atoms with Gasteiger partial charge in [0, 0.05) is 30.9 Å². The van der Waals surface area contributed by atoms with Crippen LogP contribution in [0.1, 0.15) is 39.3 Å². The summed E-state index contributed by atoms with van der Waals surface area (Å²) in [4.78, 5) is 42.2. The summed E-state index contributed by atoms with van der Waals surface area (Å²) in [5, 5.41) is 7.87. The third-order valence-electron chi connectivity index (χ3n) is 4.13. The summed E-state index contributed by atoms with van der Waals surface area (Å²) in [6.07, 6.45) is 1.84. The average molecular weight is 366 g/mol. The van der Waals surface area contributed by atoms with Gasteiger partial charge in [0.05, 0.1) is 18.0 Å². The van der Waals surface area contributed by atoms with Gasteiger partial charge in [-0.2, -0.15) is 0 Å². The predicted molar refractivity (Wildman–Crippen MR) is 97.3 cm³/mol. The van der Waals surface area contributed by atoms with E-state index in [1.165, 1.54) is 11.3 Å². The fraction of sp³-hybridized carbons (Fsp3) is 0.647. The molecule has 1 aromatic heterocycles. The average Bonchev–Trinajstić information content (AvgIpc) is 3.02. The Morgan fingerprint density at radius 2 is 2.16 bits per heavy atom. The number of piperidine rings is 1. The highest BCUT2D eigenvalue weighted by Crippen LogP contribution is 2.20. The molecule has 25 heavy (non-hydrogen) atoms. The van der Waals surface area contributed by atoms with Gasteiger partial charge in [-0.15, -0.1) is 11.3 Å². The van der Waals surface area contributed by atoms with Crippen molar-refractivity contribution in [3.63, 3.8) is 0 Å². The first-order valence-corrected chi connectivity index (χ1v) is 9.59. The molecule has 1 aromatic rings. The van der Waals surface area contributed by atoms with Crippen molar-refractivity contribution in [1.82, 2.24) is 15.2 Å². The van der Waals surface area contributed by atoms with Crippen molar-refractivity contribution in [1.29, 1.82) is 0 Å². The molecular formula is C17H26N4O3S. The Morgan fingerprint density at radius 3 is 2.84 bits per heavy atom. The van der Waals surface area contributed by atoms with Crippen LogP contribution < -0.4 is 10.6 Å². The van der Waals surface area contributed by atoms with E-state index < -0.39 is 0 Å². The Bertz CT molecular complexity index is 629. The number of carbonyl (C=O) groups is 3. The SMILES string of the molecule is CCNC(=O)C1CCCN(C(=O)Cc2csc(NC(=O)C(C)C)n2)C1. The molecule has 0 saturated carbocycles. The Hall–Kier alpha value is -1.96. The van der Waals surface area contributed by atoms with Gasteiger partial charge < -0.3 is 15.5 Å². The molecule has 1 fully saturated rings. The topological polar surface area (TPSA) is 91.4 Å². The van der Waals surface area contributed by atoms with Crippen molar-refractivity contribution in [2.75, 3.05) is 25.0 Å². The lowest BCUT2D eigenvalue weighted by Crippen LogP contribution is -2.45. The fourth-order valence-corrected chi connectivity index (χ4v) is 3.41. The molecule has 138 valence electrons. The third kappa shape index (κ3) is 5.52. The van der Waals surface area contributed by atoms with Gasteiger partial charge in [-0.1, -0.05) is 13.8 Å². The largest absolute Gasteiger partial charge is 0.356 e. The molecule has 3 amide bonds. The minimum absolute atomic E-state index is 0.0207. The smallest absolute Gasteiger partial charge is 0.228 e. The lowest BCUT2D eigenvalue weighted by Gasteiger charge is -2.32. The molecule has 8 heteroatoms. The third-order valence-corrected chi connectivity index (χ3v) is 4.94. The monoisotopic (exact) mass is 366 g/mol. The highest BCUT2D eigenvalue weighted by Gasteiger charge is 2.28. The zero-order valence-corrected chi connectivity index (χ0v) is 15.8. The molecule has 1 aliphatic heterocycles. The van der Waals surface area contributed by atoms with E-state index in [9.17, 15) is 14.4 Å². The number of hydrogen-bond acceptors (Lipinski definition) is 5. The van der Waals surface area contributed by atoms with Crippen LogP contribution >= 0.6 is 11.3 Å². The maximum absolute atomic E-state index is 12.5. The number of anilines is 1. The number of rotatable bonds is 6. The van der Waals surface area contributed by atoms with Crippen LogP contribution in [0.15, 0.2) is 5.38 Å². The predicted octanol–water partition coefficient (Wildman–Crippen LogP) is 1.65. The number of nitrogens with one attached hydrogen (secondary N) is 2. The second-order valence-corrected chi connectivity index (χ2v) is 7.40. The van der Waals surface area contributed by atoms with Crippen molar-refractivity contribution in [2.24, 2.45) is 11.8 Å². The first kappa shape index (κ1) is 19.4. The second-order valence-electron chi connectivity index (χ2n) is 6.54. The van der Waals surface area contributed by atoms with E-state index in [1.54, 1.807) is 10.3 Å². The van der Waals surface area contributed by atoms with Crippen LogP contribution in [0.25, 0.3) is 0 Å². The normalized spacial score (nSPS) is 17.4. The lowest BCUT2D eigenvalue weighted by atomic mass is 9.97. The number of hydrogen-bond donors (Lipinski definition) is 2. The Labute approximate surface area is 152 Å². The van der Waals surface area contributed by atoms with E-state index in [4.69, 9.17) is 0 Å². The molecule has 1 unspecified atom stereocenters. The quantitative estimate of drug-likeness (QED) is 0.801. The van der Waals surface area contributed by atoms with E-state index in [-0.39, 0.29) is 36.0 Å². The fourth-order valence-electron chi connectivity index (χ4n) is 2.70. The van der Waals surface area contributed by atoms with E-state index in [2.05, 4.69) is 15.6 Å². The summed E-state index contributed by atoms with van der Waals surface area (Å²) in [7, 11) is 0. The van der Waals surface area contributed by atoms with Gasteiger partial charge in [-0.25, -0.2) is 4.98 Å². The van der Waals surface area contributed by atoms with Crippen LogP contribution in [0.2, 0.25) is 0 Å². The van der Waals surface area contributed by atoms with E-state index in [0.29, 0.717) is 30.5 Å². The molecule has 0 aliphatic carbocycles. The van der Waals surface area contributed by atoms with Gasteiger partial charge in [0.25, 0.3) is 0 Å². The maximum atomic E-state index is 12.5. The summed E-state index contributed by atoms with van der Waals surface area (Å²) in [6, 6.07) is 0. The van der Waals surface area contributed by atoms with Gasteiger partial charge in [0.15, 0.2) is 5.13 Å². The second kappa shape index (κ2) is 8.94. The van der Waals surface area contributed by atoms with Gasteiger partial charge in [0.1, 0.15) is 0 Å². The van der Waals surface area contributed by atoms with E-state index in [1.807, 2.05) is 20.8 Å². The molecule has 2 rings (SSSR count). The first-order chi connectivity index (χ1) is 11.9. The van der Waals surface area contributed by atoms with E-state index >= 15 is 0 Å². The Morgan fingerprint density at radius 1 is 1.40 bits per heavy atom. The molecule has 2 heterocycles. The number of carbonyl (C=O) groups excluding carboxylic acids is 3. The molecule has 0 spiro atoms. The van der Waals surface area contributed by atoms with Crippen LogP contribution in [0.5, 0.6) is 0 Å². The Kier molecular flexibility index (Phi) is 6.92. The molecule has 0 aromatic carbocycles. The minimum atomic E-state index is -0.131. The van der Waals surface area contributed by atoms with Crippen molar-refractivity contribution >= 4 is 34.2 Å². The molecule has 7 nitrogen and oxygen atoms in total. The summed E-state index contributed by atoms with van der Waals surface area (Å²) in [5.74, 6) is -0.344. The molecule has 1 saturated heterocycles. The van der Waals surface area contributed by atoms with Gasteiger partial charge in [-0.3, -0.25) is 14.4 Å². The van der Waals surface area contributed by atoms with Crippen LogP contribution in [0.3, 0.4) is 0 Å². The summed E-state index contributed by atoms with van der Waals surface area (Å²) < 4.78 is 0. The van der Waals surface area contributed by atoms with Crippen molar-refractivity contribution in [3.8, 4) is 0 Å². The number of thiazole rings is 1. The summed E-state index contributed by atoms with van der Waals surface area (Å²) >= 11 is 1.32. The first-order valence-electron chi connectivity index (χ1n) is 8.71. The van der Waals surface area contributed by atoms with Crippen LogP contribution in [0.4, 0.5) is 5.13 Å². The number of nitrogens with zero attached hydrogens (tertiary/aromatic N) is 2. The molecule has 1 aliphatic rings. The molecule has 1 atom stereocenters. The maximum Gasteiger partial charge on any atom is 0.228 e. The zero-order valence-electron chi connectivity index (χ0n) is 15.0. The number of likely N-dealkylation sites (tertiary alicyclic amines) is 1.